The van der Waals surface area contributed by atoms with Crippen LogP contribution in [0.4, 0.5) is 0 Å². The van der Waals surface area contributed by atoms with Gasteiger partial charge in [-0.3, -0.25) is 9.78 Å². The van der Waals surface area contributed by atoms with E-state index in [0.29, 0.717) is 19.3 Å². The number of carbonyl (C=O) groups is 1. The molecular formula is C15H22N2O3. The number of pyridine rings is 1. The van der Waals surface area contributed by atoms with Crippen LogP contribution in [-0.2, 0) is 14.3 Å². The molecule has 0 aliphatic heterocycles. The fourth-order valence-electron chi connectivity index (χ4n) is 2.23. The molecule has 1 fully saturated rings. The zero-order valence-electron chi connectivity index (χ0n) is 12.1. The highest BCUT2D eigenvalue weighted by Gasteiger charge is 2.36. The molecule has 0 saturated heterocycles. The standard InChI is InChI=1S/C15H22N2O3/c1-12(14-5-3-4-8-16-14)17(13-6-7-13)15(18)11-20-10-9-19-2/h3-5,8,12-13H,6-7,9-11H2,1-2H3. The summed E-state index contributed by atoms with van der Waals surface area (Å²) >= 11 is 0. The van der Waals surface area contributed by atoms with E-state index in [9.17, 15) is 4.79 Å². The molecule has 1 amide bonds. The molecule has 1 atom stereocenters. The van der Waals surface area contributed by atoms with Crippen molar-refractivity contribution in [3.8, 4) is 0 Å². The third kappa shape index (κ3) is 4.02. The molecule has 1 aromatic heterocycles. The number of nitrogens with zero attached hydrogens (tertiary/aromatic N) is 2. The number of rotatable bonds is 8. The molecular weight excluding hydrogens is 256 g/mol. The Morgan fingerprint density at radius 1 is 1.45 bits per heavy atom. The molecule has 0 bridgehead atoms. The van der Waals surface area contributed by atoms with E-state index >= 15 is 0 Å². The van der Waals surface area contributed by atoms with Crippen LogP contribution in [0.15, 0.2) is 24.4 Å². The van der Waals surface area contributed by atoms with Crippen LogP contribution in [0.5, 0.6) is 0 Å². The predicted molar refractivity (Wildman–Crippen MR) is 75.2 cm³/mol. The number of aromatic nitrogens is 1. The van der Waals surface area contributed by atoms with Gasteiger partial charge in [0.1, 0.15) is 6.61 Å². The summed E-state index contributed by atoms with van der Waals surface area (Å²) in [4.78, 5) is 18.6. The van der Waals surface area contributed by atoms with E-state index in [-0.39, 0.29) is 18.6 Å². The summed E-state index contributed by atoms with van der Waals surface area (Å²) in [6, 6.07) is 6.11. The molecule has 2 rings (SSSR count). The van der Waals surface area contributed by atoms with Gasteiger partial charge in [0.2, 0.25) is 5.91 Å². The molecule has 0 spiro atoms. The van der Waals surface area contributed by atoms with E-state index in [2.05, 4.69) is 4.98 Å². The number of carbonyl (C=O) groups excluding carboxylic acids is 1. The average Bonchev–Trinajstić information content (AvgIpc) is 3.29. The quantitative estimate of drug-likeness (QED) is 0.680. The maximum atomic E-state index is 12.3. The highest BCUT2D eigenvalue weighted by Crippen LogP contribution is 2.33. The minimum absolute atomic E-state index is 0.0118. The van der Waals surface area contributed by atoms with Crippen molar-refractivity contribution in [2.24, 2.45) is 0 Å². The molecule has 5 nitrogen and oxygen atoms in total. The van der Waals surface area contributed by atoms with Gasteiger partial charge in [0.15, 0.2) is 0 Å². The number of ether oxygens (including phenoxy) is 2. The van der Waals surface area contributed by atoms with Gasteiger partial charge in [0, 0.05) is 19.3 Å². The lowest BCUT2D eigenvalue weighted by Crippen LogP contribution is -2.38. The lowest BCUT2D eigenvalue weighted by atomic mass is 10.1. The Balaban J connectivity index is 1.94. The zero-order chi connectivity index (χ0) is 14.4. The molecule has 1 aromatic rings. The monoisotopic (exact) mass is 278 g/mol. The first-order chi connectivity index (χ1) is 9.74. The number of amides is 1. The molecule has 1 aliphatic rings. The molecule has 0 N–H and O–H groups in total. The minimum Gasteiger partial charge on any atom is -0.382 e. The van der Waals surface area contributed by atoms with Crippen molar-refractivity contribution in [1.82, 2.24) is 9.88 Å². The van der Waals surface area contributed by atoms with E-state index in [1.807, 2.05) is 30.0 Å². The van der Waals surface area contributed by atoms with Gasteiger partial charge < -0.3 is 14.4 Å². The fraction of sp³-hybridized carbons (Fsp3) is 0.600. The van der Waals surface area contributed by atoms with Gasteiger partial charge in [-0.2, -0.15) is 0 Å². The van der Waals surface area contributed by atoms with Gasteiger partial charge >= 0.3 is 0 Å². The van der Waals surface area contributed by atoms with Gasteiger partial charge in [0.25, 0.3) is 0 Å². The van der Waals surface area contributed by atoms with Crippen molar-refractivity contribution < 1.29 is 14.3 Å². The van der Waals surface area contributed by atoms with Crippen LogP contribution in [0.2, 0.25) is 0 Å². The van der Waals surface area contributed by atoms with Crippen LogP contribution >= 0.6 is 0 Å². The van der Waals surface area contributed by atoms with Crippen molar-refractivity contribution >= 4 is 5.91 Å². The third-order valence-corrected chi connectivity index (χ3v) is 3.42. The second kappa shape index (κ2) is 7.36. The maximum absolute atomic E-state index is 12.3. The van der Waals surface area contributed by atoms with Crippen LogP contribution in [0, 0.1) is 0 Å². The van der Waals surface area contributed by atoms with Crippen LogP contribution in [0.25, 0.3) is 0 Å². The Kier molecular flexibility index (Phi) is 5.49. The van der Waals surface area contributed by atoms with Crippen LogP contribution < -0.4 is 0 Å². The van der Waals surface area contributed by atoms with Crippen molar-refractivity contribution in [3.05, 3.63) is 30.1 Å². The summed E-state index contributed by atoms with van der Waals surface area (Å²) in [5.41, 5.74) is 0.921. The lowest BCUT2D eigenvalue weighted by Gasteiger charge is -2.29. The van der Waals surface area contributed by atoms with Crippen LogP contribution in [-0.4, -0.2) is 48.8 Å². The van der Waals surface area contributed by atoms with E-state index in [1.165, 1.54) is 0 Å². The van der Waals surface area contributed by atoms with E-state index < -0.39 is 0 Å². The Morgan fingerprint density at radius 2 is 2.25 bits per heavy atom. The normalized spacial score (nSPS) is 15.9. The summed E-state index contributed by atoms with van der Waals surface area (Å²) in [5.74, 6) is 0.0294. The first-order valence-corrected chi connectivity index (χ1v) is 7.02. The molecule has 1 aliphatic carbocycles. The number of hydrogen-bond acceptors (Lipinski definition) is 4. The third-order valence-electron chi connectivity index (χ3n) is 3.42. The second-order valence-electron chi connectivity index (χ2n) is 5.01. The van der Waals surface area contributed by atoms with Crippen molar-refractivity contribution in [2.45, 2.75) is 31.8 Å². The van der Waals surface area contributed by atoms with Crippen LogP contribution in [0.3, 0.4) is 0 Å². The fourth-order valence-corrected chi connectivity index (χ4v) is 2.23. The molecule has 0 radical (unpaired) electrons. The van der Waals surface area contributed by atoms with Crippen molar-refractivity contribution in [1.29, 1.82) is 0 Å². The summed E-state index contributed by atoms with van der Waals surface area (Å²) in [6.07, 6.45) is 3.90. The van der Waals surface area contributed by atoms with Crippen molar-refractivity contribution in [3.63, 3.8) is 0 Å². The van der Waals surface area contributed by atoms with Gasteiger partial charge in [0.05, 0.1) is 24.9 Å². The van der Waals surface area contributed by atoms with Crippen LogP contribution in [0.1, 0.15) is 31.5 Å². The number of hydrogen-bond donors (Lipinski definition) is 0. The topological polar surface area (TPSA) is 51.7 Å². The first kappa shape index (κ1) is 14.9. The molecule has 110 valence electrons. The van der Waals surface area contributed by atoms with E-state index in [4.69, 9.17) is 9.47 Å². The van der Waals surface area contributed by atoms with E-state index in [0.717, 1.165) is 18.5 Å². The Hall–Kier alpha value is -1.46. The largest absolute Gasteiger partial charge is 0.382 e. The van der Waals surface area contributed by atoms with E-state index in [1.54, 1.807) is 13.3 Å². The molecule has 0 aromatic carbocycles. The van der Waals surface area contributed by atoms with Gasteiger partial charge in [-0.15, -0.1) is 0 Å². The molecule has 1 unspecified atom stereocenters. The maximum Gasteiger partial charge on any atom is 0.249 e. The Morgan fingerprint density at radius 3 is 2.85 bits per heavy atom. The highest BCUT2D eigenvalue weighted by atomic mass is 16.5. The summed E-state index contributed by atoms with van der Waals surface area (Å²) in [5, 5.41) is 0. The molecule has 5 heteroatoms. The first-order valence-electron chi connectivity index (χ1n) is 7.02. The second-order valence-corrected chi connectivity index (χ2v) is 5.01. The number of methoxy groups -OCH3 is 1. The minimum atomic E-state index is -0.0118. The van der Waals surface area contributed by atoms with Crippen molar-refractivity contribution in [2.75, 3.05) is 26.9 Å². The van der Waals surface area contributed by atoms with Gasteiger partial charge in [-0.05, 0) is 31.9 Å². The molecule has 20 heavy (non-hydrogen) atoms. The highest BCUT2D eigenvalue weighted by molar-refractivity contribution is 5.78. The summed E-state index contributed by atoms with van der Waals surface area (Å²) in [6.45, 7) is 3.08. The SMILES string of the molecule is COCCOCC(=O)N(C1CC1)C(C)c1ccccn1. The van der Waals surface area contributed by atoms with Gasteiger partial charge in [-0.1, -0.05) is 6.07 Å². The average molecular weight is 278 g/mol. The molecule has 1 heterocycles. The summed E-state index contributed by atoms with van der Waals surface area (Å²) < 4.78 is 10.2. The smallest absolute Gasteiger partial charge is 0.249 e. The lowest BCUT2D eigenvalue weighted by molar-refractivity contribution is -0.139. The zero-order valence-corrected chi connectivity index (χ0v) is 12.1. The predicted octanol–water partition coefficient (Wildman–Crippen LogP) is 1.80. The summed E-state index contributed by atoms with van der Waals surface area (Å²) in [7, 11) is 1.62. The Bertz CT molecular complexity index is 420. The molecule has 1 saturated carbocycles. The van der Waals surface area contributed by atoms with Gasteiger partial charge in [-0.25, -0.2) is 0 Å². The Labute approximate surface area is 119 Å².